The zero-order valence-electron chi connectivity index (χ0n) is 16.4. The van der Waals surface area contributed by atoms with Gasteiger partial charge in [0.1, 0.15) is 6.26 Å². The molecule has 0 spiro atoms. The van der Waals surface area contributed by atoms with Gasteiger partial charge in [0.2, 0.25) is 5.91 Å². The molecule has 0 radical (unpaired) electrons. The minimum atomic E-state index is -0.160. The van der Waals surface area contributed by atoms with E-state index < -0.39 is 0 Å². The van der Waals surface area contributed by atoms with Crippen molar-refractivity contribution in [1.82, 2.24) is 10.2 Å². The molecule has 2 heterocycles. The Labute approximate surface area is 169 Å². The van der Waals surface area contributed by atoms with E-state index in [1.807, 2.05) is 13.0 Å². The second kappa shape index (κ2) is 8.11. The molecular weight excluding hydrogens is 370 g/mol. The Morgan fingerprint density at radius 1 is 1.03 bits per heavy atom. The number of nitrogens with one attached hydrogen (secondary N) is 2. The van der Waals surface area contributed by atoms with Gasteiger partial charge in [-0.2, -0.15) is 0 Å². The van der Waals surface area contributed by atoms with Gasteiger partial charge in [0.15, 0.2) is 0 Å². The Kier molecular flexibility index (Phi) is 5.38. The molecule has 2 N–H and O–H groups in total. The molecule has 1 aromatic heterocycles. The number of rotatable bonds is 5. The van der Waals surface area contributed by atoms with Crippen molar-refractivity contribution in [2.75, 3.05) is 18.4 Å². The van der Waals surface area contributed by atoms with E-state index in [1.165, 1.54) is 12.5 Å². The molecule has 152 valence electrons. The molecular formula is C22H25N3O4. The number of hydrogen-bond acceptors (Lipinski definition) is 4. The quantitative estimate of drug-likeness (QED) is 0.814. The van der Waals surface area contributed by atoms with E-state index in [4.69, 9.17) is 4.42 Å². The highest BCUT2D eigenvalue weighted by molar-refractivity contribution is 5.99. The maximum Gasteiger partial charge on any atom is 0.257 e. The van der Waals surface area contributed by atoms with Crippen molar-refractivity contribution < 1.29 is 18.8 Å². The number of piperidine rings is 1. The van der Waals surface area contributed by atoms with Gasteiger partial charge >= 0.3 is 0 Å². The van der Waals surface area contributed by atoms with Crippen molar-refractivity contribution in [2.45, 2.75) is 38.6 Å². The van der Waals surface area contributed by atoms with E-state index in [0.29, 0.717) is 42.7 Å². The number of carbonyl (C=O) groups excluding carboxylic acids is 3. The molecule has 0 unspecified atom stereocenters. The SMILES string of the molecule is Cc1ccc(C(=O)NC2CC2)cc1NC(=O)C1CCN(C(=O)c2ccoc2)CC1. The predicted octanol–water partition coefficient (Wildman–Crippen LogP) is 2.97. The molecule has 0 atom stereocenters. The van der Waals surface area contributed by atoms with Gasteiger partial charge in [-0.15, -0.1) is 0 Å². The molecule has 1 saturated heterocycles. The average molecular weight is 395 g/mol. The van der Waals surface area contributed by atoms with E-state index in [2.05, 4.69) is 10.6 Å². The molecule has 7 nitrogen and oxygen atoms in total. The fraction of sp³-hybridized carbons (Fsp3) is 0.409. The monoisotopic (exact) mass is 395 g/mol. The van der Waals surface area contributed by atoms with Crippen LogP contribution in [0.3, 0.4) is 0 Å². The first-order valence-corrected chi connectivity index (χ1v) is 10.0. The van der Waals surface area contributed by atoms with E-state index >= 15 is 0 Å². The first-order chi connectivity index (χ1) is 14.0. The lowest BCUT2D eigenvalue weighted by Gasteiger charge is -2.31. The van der Waals surface area contributed by atoms with Crippen molar-refractivity contribution >= 4 is 23.4 Å². The zero-order chi connectivity index (χ0) is 20.4. The summed E-state index contributed by atoms with van der Waals surface area (Å²) < 4.78 is 4.97. The fourth-order valence-corrected chi connectivity index (χ4v) is 3.54. The number of amides is 3. The molecule has 0 bridgehead atoms. The second-order valence-electron chi connectivity index (χ2n) is 7.85. The number of hydrogen-bond donors (Lipinski definition) is 2. The summed E-state index contributed by atoms with van der Waals surface area (Å²) in [5, 5.41) is 5.94. The van der Waals surface area contributed by atoms with Crippen LogP contribution in [0.2, 0.25) is 0 Å². The number of benzene rings is 1. The molecule has 3 amide bonds. The van der Waals surface area contributed by atoms with E-state index in [1.54, 1.807) is 23.1 Å². The molecule has 4 rings (SSSR count). The molecule has 1 aromatic carbocycles. The van der Waals surface area contributed by atoms with E-state index in [0.717, 1.165) is 18.4 Å². The van der Waals surface area contributed by atoms with Gasteiger partial charge in [0.25, 0.3) is 11.8 Å². The van der Waals surface area contributed by atoms with Gasteiger partial charge in [0, 0.05) is 36.3 Å². The number of nitrogens with zero attached hydrogens (tertiary/aromatic N) is 1. The minimum Gasteiger partial charge on any atom is -0.472 e. The van der Waals surface area contributed by atoms with Crippen LogP contribution in [0.15, 0.2) is 41.2 Å². The van der Waals surface area contributed by atoms with Gasteiger partial charge < -0.3 is 20.0 Å². The van der Waals surface area contributed by atoms with Crippen LogP contribution in [0.1, 0.15) is 52.0 Å². The summed E-state index contributed by atoms with van der Waals surface area (Å²) in [5.74, 6) is -0.396. The molecule has 7 heteroatoms. The van der Waals surface area contributed by atoms with Crippen LogP contribution in [0, 0.1) is 12.8 Å². The highest BCUT2D eigenvalue weighted by Gasteiger charge is 2.29. The number of furan rings is 1. The molecule has 1 saturated carbocycles. The van der Waals surface area contributed by atoms with Gasteiger partial charge in [-0.3, -0.25) is 14.4 Å². The van der Waals surface area contributed by atoms with Gasteiger partial charge in [-0.05, 0) is 56.4 Å². The van der Waals surface area contributed by atoms with Gasteiger partial charge in [-0.1, -0.05) is 6.07 Å². The zero-order valence-corrected chi connectivity index (χ0v) is 16.4. The van der Waals surface area contributed by atoms with Crippen LogP contribution in [-0.2, 0) is 4.79 Å². The first kappa shape index (κ1) is 19.2. The van der Waals surface area contributed by atoms with Crippen LogP contribution >= 0.6 is 0 Å². The first-order valence-electron chi connectivity index (χ1n) is 10.0. The number of aryl methyl sites for hydroxylation is 1. The summed E-state index contributed by atoms with van der Waals surface area (Å²) in [5.41, 5.74) is 2.66. The number of carbonyl (C=O) groups is 3. The molecule has 29 heavy (non-hydrogen) atoms. The van der Waals surface area contributed by atoms with Gasteiger partial charge in [-0.25, -0.2) is 0 Å². The van der Waals surface area contributed by atoms with Crippen molar-refractivity contribution in [1.29, 1.82) is 0 Å². The van der Waals surface area contributed by atoms with Crippen LogP contribution in [0.4, 0.5) is 5.69 Å². The molecule has 2 aromatic rings. The second-order valence-corrected chi connectivity index (χ2v) is 7.85. The summed E-state index contributed by atoms with van der Waals surface area (Å²) in [4.78, 5) is 39.2. The van der Waals surface area contributed by atoms with E-state index in [9.17, 15) is 14.4 Å². The summed E-state index contributed by atoms with van der Waals surface area (Å²) in [7, 11) is 0. The predicted molar refractivity (Wildman–Crippen MR) is 108 cm³/mol. The van der Waals surface area contributed by atoms with Crippen molar-refractivity contribution in [3.05, 3.63) is 53.5 Å². The average Bonchev–Trinajstić information content (AvgIpc) is 3.37. The summed E-state index contributed by atoms with van der Waals surface area (Å²) >= 11 is 0. The highest BCUT2D eigenvalue weighted by atomic mass is 16.3. The standard InChI is InChI=1S/C22H25N3O4/c1-14-2-3-16(21(27)23-18-4-5-18)12-19(14)24-20(26)15-6-9-25(10-7-15)22(28)17-8-11-29-13-17/h2-3,8,11-13,15,18H,4-7,9-10H2,1H3,(H,23,27)(H,24,26). The normalized spacial score (nSPS) is 17.1. The molecule has 1 aliphatic heterocycles. The van der Waals surface area contributed by atoms with Gasteiger partial charge in [0.05, 0.1) is 11.8 Å². The highest BCUT2D eigenvalue weighted by Crippen LogP contribution is 2.24. The van der Waals surface area contributed by atoms with Crippen LogP contribution in [0.5, 0.6) is 0 Å². The minimum absolute atomic E-state index is 0.0664. The fourth-order valence-electron chi connectivity index (χ4n) is 3.54. The third kappa shape index (κ3) is 4.50. The van der Waals surface area contributed by atoms with Crippen LogP contribution in [0.25, 0.3) is 0 Å². The molecule has 2 aliphatic rings. The van der Waals surface area contributed by atoms with Crippen LogP contribution < -0.4 is 10.6 Å². The topological polar surface area (TPSA) is 91.7 Å². The smallest absolute Gasteiger partial charge is 0.257 e. The summed E-state index contributed by atoms with van der Waals surface area (Å²) in [6.45, 7) is 2.97. The Morgan fingerprint density at radius 2 is 1.79 bits per heavy atom. The van der Waals surface area contributed by atoms with Crippen molar-refractivity contribution in [2.24, 2.45) is 5.92 Å². The third-order valence-corrected chi connectivity index (χ3v) is 5.59. The van der Waals surface area contributed by atoms with Crippen LogP contribution in [-0.4, -0.2) is 41.8 Å². The maximum absolute atomic E-state index is 12.8. The summed E-state index contributed by atoms with van der Waals surface area (Å²) in [6.07, 6.45) is 6.20. The summed E-state index contributed by atoms with van der Waals surface area (Å²) in [6, 6.07) is 7.31. The molecule has 2 fully saturated rings. The Hall–Kier alpha value is -3.09. The van der Waals surface area contributed by atoms with Crippen molar-refractivity contribution in [3.63, 3.8) is 0 Å². The Balaban J connectivity index is 1.35. The van der Waals surface area contributed by atoms with Crippen molar-refractivity contribution in [3.8, 4) is 0 Å². The largest absolute Gasteiger partial charge is 0.472 e. The maximum atomic E-state index is 12.8. The van der Waals surface area contributed by atoms with E-state index in [-0.39, 0.29) is 29.7 Å². The number of anilines is 1. The number of likely N-dealkylation sites (tertiary alicyclic amines) is 1. The lowest BCUT2D eigenvalue weighted by atomic mass is 9.95. The lowest BCUT2D eigenvalue weighted by Crippen LogP contribution is -2.41. The Bertz CT molecular complexity index is 910. The molecule has 1 aliphatic carbocycles. The third-order valence-electron chi connectivity index (χ3n) is 5.59. The lowest BCUT2D eigenvalue weighted by molar-refractivity contribution is -0.121. The Morgan fingerprint density at radius 3 is 2.45 bits per heavy atom.